The average Bonchev–Trinajstić information content (AvgIpc) is 3.38. The number of hydrogen-bond donors (Lipinski definition) is 0. The minimum absolute atomic E-state index is 0.0114. The Kier molecular flexibility index (Phi) is 7.17. The quantitative estimate of drug-likeness (QED) is 0.354. The predicted octanol–water partition coefficient (Wildman–Crippen LogP) is 6.84. The van der Waals surface area contributed by atoms with E-state index >= 15 is 0 Å². The first-order valence-corrected chi connectivity index (χ1v) is 14.5. The molecule has 38 heavy (non-hydrogen) atoms. The summed E-state index contributed by atoms with van der Waals surface area (Å²) in [5.74, 6) is 0.873. The molecule has 0 spiro atoms. The minimum atomic E-state index is -3.64. The molecule has 5 rings (SSSR count). The summed E-state index contributed by atoms with van der Waals surface area (Å²) in [5.41, 5.74) is 9.05. The molecule has 2 aliphatic rings. The van der Waals surface area contributed by atoms with E-state index in [0.717, 1.165) is 33.6 Å². The topological polar surface area (TPSA) is 46.6 Å². The monoisotopic (exact) mass is 525 g/mol. The highest BCUT2D eigenvalue weighted by atomic mass is 32.2. The number of para-hydroxylation sites is 1. The minimum Gasteiger partial charge on any atom is -0.496 e. The molecule has 4 nitrogen and oxygen atoms in total. The van der Waals surface area contributed by atoms with Gasteiger partial charge in [-0.3, -0.25) is 0 Å². The van der Waals surface area contributed by atoms with Crippen molar-refractivity contribution < 1.29 is 13.2 Å². The number of hydrogen-bond acceptors (Lipinski definition) is 3. The van der Waals surface area contributed by atoms with Crippen LogP contribution < -0.4 is 4.74 Å². The molecule has 1 aliphatic carbocycles. The van der Waals surface area contributed by atoms with E-state index in [2.05, 4.69) is 50.8 Å². The molecule has 1 aliphatic heterocycles. The van der Waals surface area contributed by atoms with Crippen LogP contribution in [0.1, 0.15) is 30.5 Å². The molecule has 0 aromatic heterocycles. The molecule has 1 fully saturated rings. The number of ether oxygens (including phenoxy) is 1. The van der Waals surface area contributed by atoms with Crippen molar-refractivity contribution in [2.75, 3.05) is 20.2 Å². The van der Waals surface area contributed by atoms with Crippen molar-refractivity contribution >= 4 is 15.6 Å². The predicted molar refractivity (Wildman–Crippen MR) is 154 cm³/mol. The van der Waals surface area contributed by atoms with Crippen LogP contribution in [0.15, 0.2) is 113 Å². The maximum absolute atomic E-state index is 13.8. The maximum atomic E-state index is 13.8. The summed E-state index contributed by atoms with van der Waals surface area (Å²) in [4.78, 5) is 0.341. The van der Waals surface area contributed by atoms with Gasteiger partial charge in [0.1, 0.15) is 5.75 Å². The van der Waals surface area contributed by atoms with E-state index in [1.165, 1.54) is 16.7 Å². The molecule has 0 N–H and O–H groups in total. The van der Waals surface area contributed by atoms with Gasteiger partial charge in [0, 0.05) is 24.9 Å². The lowest BCUT2D eigenvalue weighted by Crippen LogP contribution is -2.29. The molecule has 1 heterocycles. The molecule has 3 aromatic carbocycles. The zero-order valence-corrected chi connectivity index (χ0v) is 23.4. The summed E-state index contributed by atoms with van der Waals surface area (Å²) in [7, 11) is -1.94. The van der Waals surface area contributed by atoms with E-state index in [1.54, 1.807) is 23.5 Å². The summed E-state index contributed by atoms with van der Waals surface area (Å²) in [6.07, 6.45) is 0.678. The average molecular weight is 526 g/mol. The first-order chi connectivity index (χ1) is 18.2. The van der Waals surface area contributed by atoms with E-state index in [-0.39, 0.29) is 11.8 Å². The van der Waals surface area contributed by atoms with Gasteiger partial charge in [-0.1, -0.05) is 84.0 Å². The zero-order chi connectivity index (χ0) is 27.0. The number of rotatable bonds is 6. The number of allylic oxidation sites excluding steroid dienone is 3. The van der Waals surface area contributed by atoms with Crippen molar-refractivity contribution in [1.82, 2.24) is 4.31 Å². The Morgan fingerprint density at radius 2 is 1.55 bits per heavy atom. The Labute approximate surface area is 227 Å². The Hall–Kier alpha value is -3.41. The van der Waals surface area contributed by atoms with Crippen LogP contribution in [-0.2, 0) is 16.4 Å². The fraction of sp³-hybridized carbons (Fsp3) is 0.273. The Balaban J connectivity index is 1.68. The van der Waals surface area contributed by atoms with Crippen LogP contribution in [0.3, 0.4) is 0 Å². The van der Waals surface area contributed by atoms with E-state index < -0.39 is 10.0 Å². The molecule has 1 saturated heterocycles. The largest absolute Gasteiger partial charge is 0.496 e. The Morgan fingerprint density at radius 1 is 0.921 bits per heavy atom. The first kappa shape index (κ1) is 26.2. The van der Waals surface area contributed by atoms with Crippen LogP contribution >= 0.6 is 0 Å². The van der Waals surface area contributed by atoms with Crippen molar-refractivity contribution in [2.45, 2.75) is 32.1 Å². The van der Waals surface area contributed by atoms with Crippen LogP contribution in [0.4, 0.5) is 0 Å². The number of aryl methyl sites for hydroxylation is 1. The fourth-order valence-corrected chi connectivity index (χ4v) is 7.49. The lowest BCUT2D eigenvalue weighted by Gasteiger charge is -2.36. The smallest absolute Gasteiger partial charge is 0.243 e. The highest BCUT2D eigenvalue weighted by molar-refractivity contribution is 7.89. The van der Waals surface area contributed by atoms with Gasteiger partial charge in [-0.15, -0.1) is 0 Å². The molecule has 2 atom stereocenters. The number of benzene rings is 3. The molecule has 196 valence electrons. The van der Waals surface area contributed by atoms with Gasteiger partial charge in [-0.05, 0) is 73.2 Å². The van der Waals surface area contributed by atoms with Gasteiger partial charge in [0.25, 0.3) is 0 Å². The summed E-state index contributed by atoms with van der Waals surface area (Å²) >= 11 is 0. The zero-order valence-electron chi connectivity index (χ0n) is 22.6. The second-order valence-electron chi connectivity index (χ2n) is 10.5. The molecule has 0 amide bonds. The number of sulfonamides is 1. The molecular formula is C33H35NO3S. The highest BCUT2D eigenvalue weighted by Crippen LogP contribution is 2.51. The van der Waals surface area contributed by atoms with Crippen molar-refractivity contribution in [2.24, 2.45) is 11.8 Å². The van der Waals surface area contributed by atoms with Gasteiger partial charge in [0.05, 0.1) is 12.0 Å². The van der Waals surface area contributed by atoms with Gasteiger partial charge < -0.3 is 4.74 Å². The molecule has 0 saturated carbocycles. The second kappa shape index (κ2) is 10.4. The number of fused-ring (bicyclic) bond motifs is 1. The standard InChI is InChI=1S/C33H35NO3S/c1-22(2)32-24(4)29-20-34(38(35,36)27-17-15-23(3)16-18-27)21-30(29)28(33(32)25-11-7-6-8-12-25)19-26-13-9-10-14-31(26)37-5/h6-18,29-30H,4,19-21H2,1-3,5H3/t29-,30+/m1/s1. The molecular weight excluding hydrogens is 490 g/mol. The van der Waals surface area contributed by atoms with Crippen molar-refractivity contribution in [3.8, 4) is 5.75 Å². The van der Waals surface area contributed by atoms with Gasteiger partial charge >= 0.3 is 0 Å². The van der Waals surface area contributed by atoms with Crippen molar-refractivity contribution in [1.29, 1.82) is 0 Å². The maximum Gasteiger partial charge on any atom is 0.243 e. The molecule has 0 radical (unpaired) electrons. The van der Waals surface area contributed by atoms with Crippen molar-refractivity contribution in [3.05, 3.63) is 124 Å². The van der Waals surface area contributed by atoms with Crippen LogP contribution in [0.25, 0.3) is 5.57 Å². The van der Waals surface area contributed by atoms with Crippen LogP contribution in [-0.4, -0.2) is 32.9 Å². The van der Waals surface area contributed by atoms with E-state index in [4.69, 9.17) is 4.74 Å². The first-order valence-electron chi connectivity index (χ1n) is 13.1. The number of methoxy groups -OCH3 is 1. The van der Waals surface area contributed by atoms with Gasteiger partial charge in [-0.2, -0.15) is 4.31 Å². The molecule has 3 aromatic rings. The normalized spacial score (nSPS) is 20.0. The van der Waals surface area contributed by atoms with Crippen LogP contribution in [0, 0.1) is 18.8 Å². The van der Waals surface area contributed by atoms with Gasteiger partial charge in [0.2, 0.25) is 10.0 Å². The van der Waals surface area contributed by atoms with Gasteiger partial charge in [-0.25, -0.2) is 8.42 Å². The summed E-state index contributed by atoms with van der Waals surface area (Å²) < 4.78 is 34.9. The third kappa shape index (κ3) is 4.65. The Morgan fingerprint density at radius 3 is 2.21 bits per heavy atom. The van der Waals surface area contributed by atoms with Gasteiger partial charge in [0.15, 0.2) is 0 Å². The molecule has 0 bridgehead atoms. The summed E-state index contributed by atoms with van der Waals surface area (Å²) in [6.45, 7) is 11.6. The molecule has 5 heteroatoms. The van der Waals surface area contributed by atoms with E-state index in [9.17, 15) is 8.42 Å². The highest BCUT2D eigenvalue weighted by Gasteiger charge is 2.46. The van der Waals surface area contributed by atoms with E-state index in [0.29, 0.717) is 24.4 Å². The van der Waals surface area contributed by atoms with Crippen LogP contribution in [0.5, 0.6) is 5.75 Å². The van der Waals surface area contributed by atoms with Crippen LogP contribution in [0.2, 0.25) is 0 Å². The lowest BCUT2D eigenvalue weighted by molar-refractivity contribution is 0.409. The Bertz CT molecular complexity index is 1530. The van der Waals surface area contributed by atoms with Crippen molar-refractivity contribution in [3.63, 3.8) is 0 Å². The second-order valence-corrected chi connectivity index (χ2v) is 12.4. The SMILES string of the molecule is C=C1C(=C(C)C)C(c2ccccc2)=C(Cc2ccccc2OC)[C@@H]2CN(S(=O)(=O)c3ccc(C)cc3)C[C@H]12. The third-order valence-corrected chi connectivity index (χ3v) is 9.71. The summed E-state index contributed by atoms with van der Waals surface area (Å²) in [5, 5.41) is 0. The number of nitrogens with zero attached hydrogens (tertiary/aromatic N) is 1. The van der Waals surface area contributed by atoms with E-state index in [1.807, 2.05) is 43.3 Å². The summed E-state index contributed by atoms with van der Waals surface area (Å²) in [6, 6.07) is 25.7. The fourth-order valence-electron chi connectivity index (χ4n) is 6.00. The molecule has 0 unspecified atom stereocenters. The third-order valence-electron chi connectivity index (χ3n) is 7.87. The lowest BCUT2D eigenvalue weighted by atomic mass is 9.67.